The van der Waals surface area contributed by atoms with Gasteiger partial charge in [-0.05, 0) is 69.4 Å². The molecule has 3 aliphatic rings. The van der Waals surface area contributed by atoms with Crippen LogP contribution in [0.3, 0.4) is 0 Å². The van der Waals surface area contributed by atoms with Crippen molar-refractivity contribution < 1.29 is 28.7 Å². The lowest BCUT2D eigenvalue weighted by molar-refractivity contribution is -0.166. The van der Waals surface area contributed by atoms with Crippen LogP contribution in [-0.4, -0.2) is 102 Å². The predicted octanol–water partition coefficient (Wildman–Crippen LogP) is 4.11. The van der Waals surface area contributed by atoms with E-state index in [0.717, 1.165) is 31.6 Å². The first-order chi connectivity index (χ1) is 22.9. The van der Waals surface area contributed by atoms with Gasteiger partial charge in [-0.2, -0.15) is 0 Å². The van der Waals surface area contributed by atoms with Crippen molar-refractivity contribution in [1.29, 1.82) is 0 Å². The summed E-state index contributed by atoms with van der Waals surface area (Å²) >= 11 is 0. The lowest BCUT2D eigenvalue weighted by Crippen LogP contribution is -2.75. The van der Waals surface area contributed by atoms with Gasteiger partial charge in [0.2, 0.25) is 11.8 Å². The van der Waals surface area contributed by atoms with Crippen molar-refractivity contribution in [1.82, 2.24) is 25.3 Å². The van der Waals surface area contributed by atoms with E-state index >= 15 is 0 Å². The third-order valence-electron chi connectivity index (χ3n) is 9.72. The van der Waals surface area contributed by atoms with E-state index in [1.54, 1.807) is 11.8 Å². The molecule has 254 valence electrons. The number of hydrogen-bond acceptors (Lipinski definition) is 7. The summed E-state index contributed by atoms with van der Waals surface area (Å²) in [7, 11) is 0. The highest BCUT2D eigenvalue weighted by Gasteiger charge is 2.55. The third-order valence-corrected chi connectivity index (χ3v) is 9.72. The van der Waals surface area contributed by atoms with Crippen LogP contribution in [0.15, 0.2) is 60.7 Å². The van der Waals surface area contributed by atoms with Crippen LogP contribution in [0.4, 0.5) is 9.59 Å². The fourth-order valence-corrected chi connectivity index (χ4v) is 7.07. The fourth-order valence-electron chi connectivity index (χ4n) is 7.07. The van der Waals surface area contributed by atoms with Crippen molar-refractivity contribution in [3.05, 3.63) is 71.8 Å². The smallest absolute Gasteiger partial charge is 0.409 e. The molecule has 0 unspecified atom stereocenters. The molecule has 4 amide bonds. The lowest BCUT2D eigenvalue weighted by Gasteiger charge is -2.55. The van der Waals surface area contributed by atoms with Gasteiger partial charge in [-0.15, -0.1) is 0 Å². The molecule has 3 fully saturated rings. The summed E-state index contributed by atoms with van der Waals surface area (Å²) in [5, 5.41) is 5.88. The van der Waals surface area contributed by atoms with Crippen LogP contribution >= 0.6 is 0 Å². The summed E-state index contributed by atoms with van der Waals surface area (Å²) in [6.07, 6.45) is 4.32. The van der Waals surface area contributed by atoms with Crippen molar-refractivity contribution in [2.45, 2.75) is 82.5 Å². The number of benzene rings is 2. The molecule has 47 heavy (non-hydrogen) atoms. The Morgan fingerprint density at radius 1 is 0.894 bits per heavy atom. The van der Waals surface area contributed by atoms with Gasteiger partial charge in [0.15, 0.2) is 0 Å². The molecule has 0 aliphatic carbocycles. The van der Waals surface area contributed by atoms with Crippen LogP contribution in [0.5, 0.6) is 0 Å². The van der Waals surface area contributed by atoms with Crippen LogP contribution < -0.4 is 10.6 Å². The van der Waals surface area contributed by atoms with E-state index in [2.05, 4.69) is 39.8 Å². The molecule has 11 nitrogen and oxygen atoms in total. The van der Waals surface area contributed by atoms with Crippen molar-refractivity contribution in [2.75, 3.05) is 45.9 Å². The Hall–Kier alpha value is -4.12. The number of unbranched alkanes of at least 4 members (excludes halogenated alkanes) is 1. The molecule has 5 rings (SSSR count). The number of nitrogens with one attached hydrogen (secondary N) is 2. The monoisotopic (exact) mass is 647 g/mol. The van der Waals surface area contributed by atoms with Gasteiger partial charge in [0.25, 0.3) is 0 Å². The van der Waals surface area contributed by atoms with Crippen molar-refractivity contribution in [3.63, 3.8) is 0 Å². The summed E-state index contributed by atoms with van der Waals surface area (Å²) in [6, 6.07) is 19.2. The van der Waals surface area contributed by atoms with Gasteiger partial charge in [0.05, 0.1) is 6.61 Å². The first kappa shape index (κ1) is 34.2. The number of nitrogens with zero attached hydrogens (tertiary/aromatic N) is 3. The molecule has 0 aromatic heterocycles. The molecular formula is C36H49N5O6. The van der Waals surface area contributed by atoms with Gasteiger partial charge < -0.3 is 34.8 Å². The lowest BCUT2D eigenvalue weighted by atomic mass is 9.79. The van der Waals surface area contributed by atoms with Crippen molar-refractivity contribution in [3.8, 4) is 0 Å². The maximum absolute atomic E-state index is 14.2. The number of piperidine rings is 2. The summed E-state index contributed by atoms with van der Waals surface area (Å²) in [5.41, 5.74) is 1.31. The van der Waals surface area contributed by atoms with Crippen LogP contribution in [0, 0.1) is 0 Å². The Bertz CT molecular complexity index is 1330. The highest BCUT2D eigenvalue weighted by Crippen LogP contribution is 2.37. The summed E-state index contributed by atoms with van der Waals surface area (Å²) < 4.78 is 10.5. The van der Waals surface area contributed by atoms with Crippen LogP contribution in [0.25, 0.3) is 0 Å². The normalized spacial score (nSPS) is 20.1. The van der Waals surface area contributed by atoms with Crippen molar-refractivity contribution in [2.24, 2.45) is 0 Å². The second kappa shape index (κ2) is 16.6. The molecule has 2 aromatic carbocycles. The molecule has 3 saturated heterocycles. The zero-order valence-corrected chi connectivity index (χ0v) is 27.5. The van der Waals surface area contributed by atoms with Crippen LogP contribution in [0.2, 0.25) is 0 Å². The third kappa shape index (κ3) is 8.82. The fraction of sp³-hybridized carbons (Fsp3) is 0.556. The molecule has 3 heterocycles. The van der Waals surface area contributed by atoms with Crippen LogP contribution in [0.1, 0.15) is 63.0 Å². The first-order valence-corrected chi connectivity index (χ1v) is 17.2. The van der Waals surface area contributed by atoms with Gasteiger partial charge in [0.1, 0.15) is 18.2 Å². The second-order valence-corrected chi connectivity index (χ2v) is 12.7. The van der Waals surface area contributed by atoms with Gasteiger partial charge in [-0.3, -0.25) is 9.59 Å². The quantitative estimate of drug-likeness (QED) is 0.333. The van der Waals surface area contributed by atoms with Crippen LogP contribution in [-0.2, 0) is 32.1 Å². The van der Waals surface area contributed by atoms with Gasteiger partial charge >= 0.3 is 12.2 Å². The number of ether oxygens (including phenoxy) is 2. The number of carbonyl (C=O) groups is 4. The highest BCUT2D eigenvalue weighted by atomic mass is 16.6. The Kier molecular flexibility index (Phi) is 12.1. The molecule has 2 aromatic rings. The molecule has 0 radical (unpaired) electrons. The van der Waals surface area contributed by atoms with E-state index < -0.39 is 17.7 Å². The average Bonchev–Trinajstić information content (AvgIpc) is 3.10. The maximum atomic E-state index is 14.2. The zero-order valence-electron chi connectivity index (χ0n) is 27.5. The molecular weight excluding hydrogens is 598 g/mol. The van der Waals surface area contributed by atoms with E-state index in [1.807, 2.05) is 41.3 Å². The molecule has 0 bridgehead atoms. The predicted molar refractivity (Wildman–Crippen MR) is 177 cm³/mol. The van der Waals surface area contributed by atoms with Crippen molar-refractivity contribution >= 4 is 24.0 Å². The summed E-state index contributed by atoms with van der Waals surface area (Å²) in [5.74, 6) is -0.104. The number of amides is 4. The molecule has 3 aliphatic heterocycles. The summed E-state index contributed by atoms with van der Waals surface area (Å²) in [4.78, 5) is 58.8. The molecule has 11 heteroatoms. The van der Waals surface area contributed by atoms with Gasteiger partial charge in [-0.1, -0.05) is 60.7 Å². The van der Waals surface area contributed by atoms with E-state index in [1.165, 1.54) is 5.56 Å². The van der Waals surface area contributed by atoms with Gasteiger partial charge in [-0.25, -0.2) is 9.59 Å². The standard InChI is InChI=1S/C36H49N5O6/c1-2-46-35(45)40-23-17-30(18-24-40)41-32(42)31(15-9-10-21-37-34(44)47-27-29-13-7-4-8-14-29)38-33(43)36(41)19-25-39(26-20-36)22-16-28-11-5-3-6-12-28/h3-8,11-14,30-31H,2,9-10,15-27H2,1H3,(H,37,44)(H,38,43)/t31-/m0/s1. The van der Waals surface area contributed by atoms with E-state index in [0.29, 0.717) is 71.2 Å². The van der Waals surface area contributed by atoms with Gasteiger partial charge in [0, 0.05) is 45.3 Å². The number of alkyl carbamates (subject to hydrolysis) is 1. The number of carbonyl (C=O) groups excluding carboxylic acids is 4. The largest absolute Gasteiger partial charge is 0.450 e. The minimum atomic E-state index is -0.891. The Morgan fingerprint density at radius 2 is 1.55 bits per heavy atom. The maximum Gasteiger partial charge on any atom is 0.409 e. The minimum Gasteiger partial charge on any atom is -0.450 e. The highest BCUT2D eigenvalue weighted by molar-refractivity contribution is 6.00. The Morgan fingerprint density at radius 3 is 2.21 bits per heavy atom. The van der Waals surface area contributed by atoms with E-state index in [-0.39, 0.29) is 30.6 Å². The SMILES string of the molecule is CCOC(=O)N1CCC(N2C(=O)[C@H](CCCCNC(=O)OCc3ccccc3)NC(=O)C23CCN(CCc2ccccc2)CC3)CC1. The molecule has 1 atom stereocenters. The minimum absolute atomic E-state index is 0.0350. The Labute approximate surface area is 277 Å². The van der Waals surface area contributed by atoms with E-state index in [4.69, 9.17) is 9.47 Å². The molecule has 0 saturated carbocycles. The zero-order chi connectivity index (χ0) is 33.1. The molecule has 2 N–H and O–H groups in total. The number of likely N-dealkylation sites (tertiary alicyclic amines) is 2. The Balaban J connectivity index is 1.17. The average molecular weight is 648 g/mol. The summed E-state index contributed by atoms with van der Waals surface area (Å²) in [6.45, 7) is 6.10. The number of rotatable bonds is 12. The second-order valence-electron chi connectivity index (χ2n) is 12.7. The number of piperazine rings is 1. The first-order valence-electron chi connectivity index (χ1n) is 17.2. The number of hydrogen-bond donors (Lipinski definition) is 2. The topological polar surface area (TPSA) is 121 Å². The van der Waals surface area contributed by atoms with E-state index in [9.17, 15) is 19.2 Å². The molecule has 1 spiro atoms.